The molecule has 3 rings (SSSR count). The van der Waals surface area contributed by atoms with Gasteiger partial charge in [0.2, 0.25) is 0 Å². The Morgan fingerprint density at radius 1 is 1.19 bits per heavy atom. The smallest absolute Gasteiger partial charge is 0.278 e. The van der Waals surface area contributed by atoms with Gasteiger partial charge in [0, 0.05) is 11.1 Å². The molecule has 106 valence electrons. The van der Waals surface area contributed by atoms with Gasteiger partial charge in [-0.3, -0.25) is 0 Å². The second-order valence-electron chi connectivity index (χ2n) is 4.18. The number of halogens is 1. The van der Waals surface area contributed by atoms with E-state index in [0.717, 1.165) is 0 Å². The third-order valence-corrected chi connectivity index (χ3v) is 3.75. The highest BCUT2D eigenvalue weighted by atomic mass is 32.2. The maximum atomic E-state index is 13.5. The topological polar surface area (TPSA) is 77.8 Å². The molecule has 7 heteroatoms. The van der Waals surface area contributed by atoms with Crippen molar-refractivity contribution in [2.24, 2.45) is 0 Å². The van der Waals surface area contributed by atoms with Crippen molar-refractivity contribution < 1.29 is 8.91 Å². The Kier molecular flexibility index (Phi) is 3.83. The highest BCUT2D eigenvalue weighted by Crippen LogP contribution is 2.26. The normalized spacial score (nSPS) is 10.7. The maximum Gasteiger partial charge on any atom is 0.278 e. The van der Waals surface area contributed by atoms with Gasteiger partial charge in [0.15, 0.2) is 11.5 Å². The first kappa shape index (κ1) is 13.6. The number of anilines is 1. The van der Waals surface area contributed by atoms with Crippen LogP contribution in [0.15, 0.2) is 52.0 Å². The third-order valence-electron chi connectivity index (χ3n) is 2.70. The molecule has 2 N–H and O–H groups in total. The lowest BCUT2D eigenvalue weighted by Gasteiger charge is -1.99. The van der Waals surface area contributed by atoms with Crippen LogP contribution >= 0.6 is 11.8 Å². The highest BCUT2D eigenvalue weighted by molar-refractivity contribution is 7.98. The molecule has 3 aromatic rings. The minimum atomic E-state index is -0.264. The molecule has 21 heavy (non-hydrogen) atoms. The van der Waals surface area contributed by atoms with Crippen LogP contribution in [0.1, 0.15) is 5.82 Å². The molecular formula is C14H11FN4OS. The van der Waals surface area contributed by atoms with Crippen molar-refractivity contribution >= 4 is 17.4 Å². The lowest BCUT2D eigenvalue weighted by atomic mass is 10.3. The third kappa shape index (κ3) is 3.03. The fourth-order valence-electron chi connectivity index (χ4n) is 1.71. The SMILES string of the molecule is Nc1cccnc1-c1nc(CSc2ccccc2F)no1. The molecule has 0 radical (unpaired) electrons. The van der Waals surface area contributed by atoms with Crippen LogP contribution in [-0.2, 0) is 5.75 Å². The van der Waals surface area contributed by atoms with E-state index >= 15 is 0 Å². The van der Waals surface area contributed by atoms with Gasteiger partial charge < -0.3 is 10.3 Å². The molecular weight excluding hydrogens is 291 g/mol. The monoisotopic (exact) mass is 302 g/mol. The predicted octanol–water partition coefficient (Wildman–Crippen LogP) is 3.15. The summed E-state index contributed by atoms with van der Waals surface area (Å²) in [5, 5.41) is 3.85. The molecule has 0 fully saturated rings. The lowest BCUT2D eigenvalue weighted by molar-refractivity contribution is 0.424. The zero-order valence-electron chi connectivity index (χ0n) is 10.9. The van der Waals surface area contributed by atoms with Gasteiger partial charge >= 0.3 is 0 Å². The standard InChI is InChI=1S/C14H11FN4OS/c15-9-4-1-2-6-11(9)21-8-12-18-14(20-19-12)13-10(16)5-3-7-17-13/h1-7H,8,16H2. The van der Waals surface area contributed by atoms with E-state index in [-0.39, 0.29) is 11.7 Å². The fourth-order valence-corrected chi connectivity index (χ4v) is 2.49. The number of pyridine rings is 1. The molecule has 2 aromatic heterocycles. The Balaban J connectivity index is 1.74. The van der Waals surface area contributed by atoms with E-state index < -0.39 is 0 Å². The Bertz CT molecular complexity index is 762. The van der Waals surface area contributed by atoms with Crippen LogP contribution in [0.5, 0.6) is 0 Å². The summed E-state index contributed by atoms with van der Waals surface area (Å²) in [5.74, 6) is 0.859. The van der Waals surface area contributed by atoms with E-state index in [1.165, 1.54) is 17.8 Å². The van der Waals surface area contributed by atoms with Crippen molar-refractivity contribution in [3.05, 3.63) is 54.2 Å². The average molecular weight is 302 g/mol. The van der Waals surface area contributed by atoms with Crippen LogP contribution in [-0.4, -0.2) is 15.1 Å². The minimum absolute atomic E-state index is 0.261. The molecule has 0 saturated carbocycles. The minimum Gasteiger partial charge on any atom is -0.397 e. The van der Waals surface area contributed by atoms with E-state index in [9.17, 15) is 4.39 Å². The van der Waals surface area contributed by atoms with Crippen LogP contribution in [0, 0.1) is 5.82 Å². The zero-order valence-corrected chi connectivity index (χ0v) is 11.7. The molecule has 0 spiro atoms. The lowest BCUT2D eigenvalue weighted by Crippen LogP contribution is -1.93. The van der Waals surface area contributed by atoms with Crippen LogP contribution in [0.4, 0.5) is 10.1 Å². The largest absolute Gasteiger partial charge is 0.397 e. The van der Waals surface area contributed by atoms with Gasteiger partial charge in [-0.05, 0) is 24.3 Å². The second kappa shape index (κ2) is 5.92. The molecule has 0 amide bonds. The van der Waals surface area contributed by atoms with Crippen molar-refractivity contribution in [1.82, 2.24) is 15.1 Å². The maximum absolute atomic E-state index is 13.5. The average Bonchev–Trinajstić information content (AvgIpc) is 2.96. The van der Waals surface area contributed by atoms with Gasteiger partial charge in [0.25, 0.3) is 5.89 Å². The first-order chi connectivity index (χ1) is 10.2. The molecule has 0 bridgehead atoms. The first-order valence-electron chi connectivity index (χ1n) is 6.15. The molecule has 0 aliphatic rings. The summed E-state index contributed by atoms with van der Waals surface area (Å²) < 4.78 is 18.6. The molecule has 0 atom stereocenters. The van der Waals surface area contributed by atoms with Gasteiger partial charge in [0.1, 0.15) is 5.82 Å². The summed E-state index contributed by atoms with van der Waals surface area (Å²) >= 11 is 1.30. The van der Waals surface area contributed by atoms with Crippen molar-refractivity contribution in [2.45, 2.75) is 10.6 Å². The predicted molar refractivity (Wildman–Crippen MR) is 77.9 cm³/mol. The Labute approximate surface area is 124 Å². The van der Waals surface area contributed by atoms with E-state index in [1.54, 1.807) is 36.5 Å². The Morgan fingerprint density at radius 2 is 2.05 bits per heavy atom. The molecule has 0 aliphatic carbocycles. The molecule has 0 aliphatic heterocycles. The highest BCUT2D eigenvalue weighted by Gasteiger charge is 2.13. The van der Waals surface area contributed by atoms with Crippen molar-refractivity contribution in [1.29, 1.82) is 0 Å². The Morgan fingerprint density at radius 3 is 2.86 bits per heavy atom. The molecule has 1 aromatic carbocycles. The summed E-state index contributed by atoms with van der Waals surface area (Å²) in [5.41, 5.74) is 6.72. The van der Waals surface area contributed by atoms with E-state index in [0.29, 0.717) is 27.9 Å². The van der Waals surface area contributed by atoms with Gasteiger partial charge in [-0.15, -0.1) is 11.8 Å². The quantitative estimate of drug-likeness (QED) is 0.746. The molecule has 0 unspecified atom stereocenters. The summed E-state index contributed by atoms with van der Waals surface area (Å²) in [6.07, 6.45) is 1.60. The van der Waals surface area contributed by atoms with Crippen molar-refractivity contribution in [3.8, 4) is 11.6 Å². The summed E-state index contributed by atoms with van der Waals surface area (Å²) in [7, 11) is 0. The summed E-state index contributed by atoms with van der Waals surface area (Å²) in [6, 6.07) is 9.98. The summed E-state index contributed by atoms with van der Waals surface area (Å²) in [4.78, 5) is 8.87. The second-order valence-corrected chi connectivity index (χ2v) is 5.19. The van der Waals surface area contributed by atoms with Gasteiger partial charge in [0.05, 0.1) is 11.4 Å². The first-order valence-corrected chi connectivity index (χ1v) is 7.13. The van der Waals surface area contributed by atoms with Gasteiger partial charge in [-0.1, -0.05) is 17.3 Å². The van der Waals surface area contributed by atoms with Gasteiger partial charge in [-0.25, -0.2) is 9.37 Å². The van der Waals surface area contributed by atoms with Crippen molar-refractivity contribution in [3.63, 3.8) is 0 Å². The van der Waals surface area contributed by atoms with Crippen LogP contribution in [0.2, 0.25) is 0 Å². The summed E-state index contributed by atoms with van der Waals surface area (Å²) in [6.45, 7) is 0. The van der Waals surface area contributed by atoms with E-state index in [1.807, 2.05) is 0 Å². The van der Waals surface area contributed by atoms with Crippen LogP contribution < -0.4 is 5.73 Å². The Hall–Kier alpha value is -2.41. The van der Waals surface area contributed by atoms with Crippen LogP contribution in [0.3, 0.4) is 0 Å². The van der Waals surface area contributed by atoms with E-state index in [2.05, 4.69) is 15.1 Å². The number of hydrogen-bond acceptors (Lipinski definition) is 6. The number of rotatable bonds is 4. The number of nitrogens with two attached hydrogens (primary N) is 1. The molecule has 5 nitrogen and oxygen atoms in total. The number of aromatic nitrogens is 3. The number of hydrogen-bond donors (Lipinski definition) is 1. The van der Waals surface area contributed by atoms with Gasteiger partial charge in [-0.2, -0.15) is 4.98 Å². The fraction of sp³-hybridized carbons (Fsp3) is 0.0714. The molecule has 0 saturated heterocycles. The van der Waals surface area contributed by atoms with Crippen molar-refractivity contribution in [2.75, 3.05) is 5.73 Å². The zero-order chi connectivity index (χ0) is 14.7. The number of benzene rings is 1. The molecule has 2 heterocycles. The number of nitrogens with zero attached hydrogens (tertiary/aromatic N) is 3. The van der Waals surface area contributed by atoms with Crippen LogP contribution in [0.25, 0.3) is 11.6 Å². The number of nitrogen functional groups attached to an aromatic ring is 1. The van der Waals surface area contributed by atoms with E-state index in [4.69, 9.17) is 10.3 Å². The number of thioether (sulfide) groups is 1.